The van der Waals surface area contributed by atoms with Crippen molar-refractivity contribution in [3.63, 3.8) is 0 Å². The summed E-state index contributed by atoms with van der Waals surface area (Å²) in [6.45, 7) is 1.89. The van der Waals surface area contributed by atoms with E-state index in [-0.39, 0.29) is 11.8 Å². The number of rotatable bonds is 3. The van der Waals surface area contributed by atoms with E-state index in [1.54, 1.807) is 18.2 Å². The summed E-state index contributed by atoms with van der Waals surface area (Å²) in [5.41, 5.74) is 5.04. The monoisotopic (exact) mass is 240 g/mol. The van der Waals surface area contributed by atoms with Crippen LogP contribution < -0.4 is 10.9 Å². The van der Waals surface area contributed by atoms with Crippen LogP contribution >= 0.6 is 11.6 Å². The average Bonchev–Trinajstić information content (AvgIpc) is 2.26. The molecule has 0 atom stereocenters. The SMILES string of the molecule is CCCC(=O)NNC(=O)c1cccc(Cl)c1. The summed E-state index contributed by atoms with van der Waals surface area (Å²) in [4.78, 5) is 22.6. The van der Waals surface area contributed by atoms with Crippen LogP contribution in [0.15, 0.2) is 24.3 Å². The molecular formula is C11H13ClN2O2. The first kappa shape index (κ1) is 12.5. The lowest BCUT2D eigenvalue weighted by Crippen LogP contribution is -2.41. The quantitative estimate of drug-likeness (QED) is 0.793. The lowest BCUT2D eigenvalue weighted by molar-refractivity contribution is -0.121. The zero-order valence-electron chi connectivity index (χ0n) is 8.92. The zero-order chi connectivity index (χ0) is 12.0. The number of nitrogens with one attached hydrogen (secondary N) is 2. The average molecular weight is 241 g/mol. The number of amides is 2. The maximum atomic E-state index is 11.5. The Hall–Kier alpha value is -1.55. The minimum atomic E-state index is -0.382. The molecule has 0 aliphatic heterocycles. The van der Waals surface area contributed by atoms with E-state index in [1.165, 1.54) is 6.07 Å². The van der Waals surface area contributed by atoms with Crippen LogP contribution in [0.4, 0.5) is 0 Å². The topological polar surface area (TPSA) is 58.2 Å². The lowest BCUT2D eigenvalue weighted by atomic mass is 10.2. The van der Waals surface area contributed by atoms with Crippen molar-refractivity contribution in [1.29, 1.82) is 0 Å². The second-order valence-corrected chi connectivity index (χ2v) is 3.70. The van der Waals surface area contributed by atoms with Gasteiger partial charge in [0.1, 0.15) is 0 Å². The number of carbonyl (C=O) groups is 2. The second-order valence-electron chi connectivity index (χ2n) is 3.26. The van der Waals surface area contributed by atoms with Crippen LogP contribution in [0.3, 0.4) is 0 Å². The highest BCUT2D eigenvalue weighted by molar-refractivity contribution is 6.30. The van der Waals surface area contributed by atoms with E-state index < -0.39 is 0 Å². The van der Waals surface area contributed by atoms with Crippen LogP contribution in [-0.2, 0) is 4.79 Å². The molecule has 2 N–H and O–H groups in total. The van der Waals surface area contributed by atoms with Gasteiger partial charge in [-0.2, -0.15) is 0 Å². The molecular weight excluding hydrogens is 228 g/mol. The Morgan fingerprint density at radius 2 is 2.06 bits per heavy atom. The van der Waals surface area contributed by atoms with Crippen molar-refractivity contribution in [2.75, 3.05) is 0 Å². The molecule has 86 valence electrons. The van der Waals surface area contributed by atoms with Crippen molar-refractivity contribution in [3.8, 4) is 0 Å². The Morgan fingerprint density at radius 3 is 2.69 bits per heavy atom. The van der Waals surface area contributed by atoms with Crippen LogP contribution in [0.5, 0.6) is 0 Å². The molecule has 1 aromatic carbocycles. The van der Waals surface area contributed by atoms with Crippen molar-refractivity contribution in [2.24, 2.45) is 0 Å². The summed E-state index contributed by atoms with van der Waals surface area (Å²) in [5.74, 6) is -0.593. The van der Waals surface area contributed by atoms with Gasteiger partial charge < -0.3 is 0 Å². The van der Waals surface area contributed by atoms with Crippen LogP contribution in [0.2, 0.25) is 5.02 Å². The van der Waals surface area contributed by atoms with E-state index in [0.717, 1.165) is 6.42 Å². The van der Waals surface area contributed by atoms with Crippen molar-refractivity contribution in [1.82, 2.24) is 10.9 Å². The van der Waals surface area contributed by atoms with Gasteiger partial charge in [-0.3, -0.25) is 20.4 Å². The Kier molecular flexibility index (Phi) is 4.79. The molecule has 0 aromatic heterocycles. The van der Waals surface area contributed by atoms with Gasteiger partial charge in [-0.25, -0.2) is 0 Å². The molecule has 0 saturated heterocycles. The molecule has 0 radical (unpaired) electrons. The minimum absolute atomic E-state index is 0.210. The Bertz CT molecular complexity index is 393. The Labute approximate surface area is 99.0 Å². The summed E-state index contributed by atoms with van der Waals surface area (Å²) >= 11 is 5.73. The summed E-state index contributed by atoms with van der Waals surface area (Å²) in [7, 11) is 0. The number of halogens is 1. The van der Waals surface area contributed by atoms with Crippen LogP contribution in [0, 0.1) is 0 Å². The van der Waals surface area contributed by atoms with Gasteiger partial charge in [0.25, 0.3) is 5.91 Å². The predicted octanol–water partition coefficient (Wildman–Crippen LogP) is 1.90. The summed E-state index contributed by atoms with van der Waals surface area (Å²) in [5, 5.41) is 0.479. The molecule has 16 heavy (non-hydrogen) atoms. The highest BCUT2D eigenvalue weighted by Crippen LogP contribution is 2.09. The summed E-state index contributed by atoms with van der Waals surface area (Å²) in [6.07, 6.45) is 1.12. The van der Waals surface area contributed by atoms with Gasteiger partial charge in [-0.05, 0) is 24.6 Å². The van der Waals surface area contributed by atoms with Gasteiger partial charge in [0.2, 0.25) is 5.91 Å². The first-order valence-electron chi connectivity index (χ1n) is 4.98. The third-order valence-corrected chi connectivity index (χ3v) is 2.11. The molecule has 0 saturated carbocycles. The molecule has 0 aliphatic rings. The van der Waals surface area contributed by atoms with Crippen molar-refractivity contribution >= 4 is 23.4 Å². The fraction of sp³-hybridized carbons (Fsp3) is 0.273. The van der Waals surface area contributed by atoms with E-state index in [4.69, 9.17) is 11.6 Å². The number of hydrogen-bond donors (Lipinski definition) is 2. The van der Waals surface area contributed by atoms with Gasteiger partial charge >= 0.3 is 0 Å². The zero-order valence-corrected chi connectivity index (χ0v) is 9.67. The van der Waals surface area contributed by atoms with Crippen molar-refractivity contribution < 1.29 is 9.59 Å². The summed E-state index contributed by atoms with van der Waals surface area (Å²) < 4.78 is 0. The predicted molar refractivity (Wildman–Crippen MR) is 62.0 cm³/mol. The largest absolute Gasteiger partial charge is 0.273 e. The Morgan fingerprint density at radius 1 is 1.31 bits per heavy atom. The maximum absolute atomic E-state index is 11.5. The highest BCUT2D eigenvalue weighted by atomic mass is 35.5. The van der Waals surface area contributed by atoms with Crippen molar-refractivity contribution in [3.05, 3.63) is 34.9 Å². The van der Waals surface area contributed by atoms with Gasteiger partial charge in [0.15, 0.2) is 0 Å². The van der Waals surface area contributed by atoms with Crippen LogP contribution in [0.25, 0.3) is 0 Å². The number of hydrazine groups is 1. The summed E-state index contributed by atoms with van der Waals surface area (Å²) in [6, 6.07) is 6.50. The first-order chi connectivity index (χ1) is 7.63. The van der Waals surface area contributed by atoms with Crippen molar-refractivity contribution in [2.45, 2.75) is 19.8 Å². The number of benzene rings is 1. The van der Waals surface area contributed by atoms with Gasteiger partial charge in [-0.1, -0.05) is 24.6 Å². The van der Waals surface area contributed by atoms with E-state index >= 15 is 0 Å². The minimum Gasteiger partial charge on any atom is -0.273 e. The fourth-order valence-electron chi connectivity index (χ4n) is 1.12. The van der Waals surface area contributed by atoms with Crippen LogP contribution in [0.1, 0.15) is 30.1 Å². The van der Waals surface area contributed by atoms with Crippen LogP contribution in [-0.4, -0.2) is 11.8 Å². The third-order valence-electron chi connectivity index (χ3n) is 1.88. The highest BCUT2D eigenvalue weighted by Gasteiger charge is 2.06. The molecule has 0 bridgehead atoms. The van der Waals surface area contributed by atoms with Gasteiger partial charge in [-0.15, -0.1) is 0 Å². The standard InChI is InChI=1S/C11H13ClN2O2/c1-2-4-10(15)13-14-11(16)8-5-3-6-9(12)7-8/h3,5-7H,2,4H2,1H3,(H,13,15)(H,14,16). The normalized spacial score (nSPS) is 9.62. The molecule has 0 unspecified atom stereocenters. The molecule has 0 fully saturated rings. The van der Waals surface area contributed by atoms with E-state index in [2.05, 4.69) is 10.9 Å². The van der Waals surface area contributed by atoms with E-state index in [1.807, 2.05) is 6.92 Å². The molecule has 0 heterocycles. The molecule has 5 heteroatoms. The molecule has 4 nitrogen and oxygen atoms in total. The number of hydrogen-bond acceptors (Lipinski definition) is 2. The lowest BCUT2D eigenvalue weighted by Gasteiger charge is -2.06. The maximum Gasteiger partial charge on any atom is 0.269 e. The first-order valence-corrected chi connectivity index (χ1v) is 5.36. The third kappa shape index (κ3) is 3.90. The van der Waals surface area contributed by atoms with Gasteiger partial charge in [0, 0.05) is 17.0 Å². The fourth-order valence-corrected chi connectivity index (χ4v) is 1.31. The van der Waals surface area contributed by atoms with E-state index in [9.17, 15) is 9.59 Å². The Balaban J connectivity index is 2.50. The molecule has 0 aliphatic carbocycles. The molecule has 2 amide bonds. The molecule has 0 spiro atoms. The second kappa shape index (κ2) is 6.12. The molecule has 1 aromatic rings. The smallest absolute Gasteiger partial charge is 0.269 e. The van der Waals surface area contributed by atoms with Gasteiger partial charge in [0.05, 0.1) is 0 Å². The van der Waals surface area contributed by atoms with E-state index in [0.29, 0.717) is 17.0 Å². The number of carbonyl (C=O) groups excluding carboxylic acids is 2. The molecule has 1 rings (SSSR count).